The molecular formula is C40H50. The van der Waals surface area contributed by atoms with Gasteiger partial charge in [-0.05, 0) is 114 Å². The first kappa shape index (κ1) is 28.7. The lowest BCUT2D eigenvalue weighted by atomic mass is 9.36. The van der Waals surface area contributed by atoms with Gasteiger partial charge in [0.25, 0.3) is 0 Å². The van der Waals surface area contributed by atoms with Gasteiger partial charge in [0.15, 0.2) is 0 Å². The third kappa shape index (κ3) is 3.64. The molecule has 0 spiro atoms. The van der Waals surface area contributed by atoms with Gasteiger partial charge >= 0.3 is 0 Å². The lowest BCUT2D eigenvalue weighted by Gasteiger charge is -2.67. The summed E-state index contributed by atoms with van der Waals surface area (Å²) in [6.45, 7) is 35.6. The van der Waals surface area contributed by atoms with E-state index in [2.05, 4.69) is 111 Å². The van der Waals surface area contributed by atoms with Crippen LogP contribution < -0.4 is 0 Å². The zero-order valence-corrected chi connectivity index (χ0v) is 26.6. The molecule has 0 radical (unpaired) electrons. The molecule has 5 rings (SSSR count). The summed E-state index contributed by atoms with van der Waals surface area (Å²) in [5.74, 6) is 0.781. The molecule has 0 amide bonds. The van der Waals surface area contributed by atoms with Crippen LogP contribution in [-0.2, 0) is 12.8 Å². The molecule has 5 atom stereocenters. The zero-order valence-electron chi connectivity index (χ0n) is 26.6. The van der Waals surface area contributed by atoms with Crippen LogP contribution in [0.15, 0.2) is 95.6 Å². The van der Waals surface area contributed by atoms with Gasteiger partial charge in [-0.25, -0.2) is 0 Å². The van der Waals surface area contributed by atoms with E-state index in [0.717, 1.165) is 24.8 Å². The summed E-state index contributed by atoms with van der Waals surface area (Å²) in [7, 11) is 0. The second kappa shape index (κ2) is 9.61. The van der Waals surface area contributed by atoms with Crippen LogP contribution in [0.5, 0.6) is 0 Å². The van der Waals surface area contributed by atoms with Gasteiger partial charge in [0.1, 0.15) is 0 Å². The summed E-state index contributed by atoms with van der Waals surface area (Å²) in [4.78, 5) is 0. The number of hydrogen-bond acceptors (Lipinski definition) is 0. The molecule has 2 aromatic carbocycles. The molecule has 3 aliphatic carbocycles. The minimum absolute atomic E-state index is 0.0281. The first-order valence-corrected chi connectivity index (χ1v) is 15.4. The molecule has 0 saturated carbocycles. The number of hydrogen-bond donors (Lipinski definition) is 0. The van der Waals surface area contributed by atoms with Crippen LogP contribution in [0.2, 0.25) is 0 Å². The van der Waals surface area contributed by atoms with E-state index in [-0.39, 0.29) is 16.2 Å². The maximum absolute atomic E-state index is 4.87. The Bertz CT molecular complexity index is 1490. The maximum Gasteiger partial charge on any atom is 0.0196 e. The predicted molar refractivity (Wildman–Crippen MR) is 175 cm³/mol. The Labute approximate surface area is 244 Å². The van der Waals surface area contributed by atoms with E-state index in [1.807, 2.05) is 0 Å². The van der Waals surface area contributed by atoms with Gasteiger partial charge in [-0.15, -0.1) is 0 Å². The number of benzene rings is 2. The summed E-state index contributed by atoms with van der Waals surface area (Å²) < 4.78 is 0. The fourth-order valence-electron chi connectivity index (χ4n) is 9.62. The zero-order chi connectivity index (χ0) is 29.4. The van der Waals surface area contributed by atoms with Gasteiger partial charge < -0.3 is 0 Å². The monoisotopic (exact) mass is 530 g/mol. The fraction of sp³-hybridized carbons (Fsp3) is 0.450. The highest BCUT2D eigenvalue weighted by Crippen LogP contribution is 2.74. The first-order chi connectivity index (χ1) is 18.7. The normalized spacial score (nSPS) is 31.6. The van der Waals surface area contributed by atoms with E-state index >= 15 is 0 Å². The van der Waals surface area contributed by atoms with Crippen molar-refractivity contribution in [1.82, 2.24) is 0 Å². The van der Waals surface area contributed by atoms with Crippen molar-refractivity contribution >= 4 is 5.57 Å². The van der Waals surface area contributed by atoms with Gasteiger partial charge in [0.2, 0.25) is 0 Å². The van der Waals surface area contributed by atoms with E-state index in [1.54, 1.807) is 0 Å². The third-order valence-corrected chi connectivity index (χ3v) is 12.1. The molecule has 0 heteroatoms. The number of aryl methyl sites for hydroxylation is 2. The SMILES string of the molecule is C=C(C)C1=C(C)C[C@@]2(C)[C@H](C)[C@]3(C)C(=C(C)[C@@]2(C)C1=C)C(=C)c1c(C)cccc1[C@H]3Cc1ccc(CCC)cc1. The minimum Gasteiger partial charge on any atom is -0.0955 e. The average Bonchev–Trinajstić information content (AvgIpc) is 2.89. The van der Waals surface area contributed by atoms with Crippen LogP contribution >= 0.6 is 0 Å². The van der Waals surface area contributed by atoms with Crippen LogP contribution in [0.1, 0.15) is 102 Å². The van der Waals surface area contributed by atoms with Crippen molar-refractivity contribution in [2.24, 2.45) is 22.2 Å². The molecule has 0 heterocycles. The third-order valence-electron chi connectivity index (χ3n) is 12.1. The van der Waals surface area contributed by atoms with Gasteiger partial charge in [-0.1, -0.05) is 120 Å². The van der Waals surface area contributed by atoms with E-state index in [0.29, 0.717) is 11.8 Å². The summed E-state index contributed by atoms with van der Waals surface area (Å²) in [6, 6.07) is 16.4. The Balaban J connectivity index is 1.79. The molecule has 210 valence electrons. The number of fused-ring (bicyclic) bond motifs is 3. The molecule has 40 heavy (non-hydrogen) atoms. The number of allylic oxidation sites excluding steroid dienone is 7. The Morgan fingerprint density at radius 2 is 1.57 bits per heavy atom. The lowest BCUT2D eigenvalue weighted by molar-refractivity contribution is -0.0285. The Morgan fingerprint density at radius 1 is 0.950 bits per heavy atom. The molecule has 2 aromatic rings. The second-order valence-corrected chi connectivity index (χ2v) is 14.0. The van der Waals surface area contributed by atoms with Crippen molar-refractivity contribution < 1.29 is 0 Å². The smallest absolute Gasteiger partial charge is 0.0196 e. The highest BCUT2D eigenvalue weighted by atomic mass is 14.7. The van der Waals surface area contributed by atoms with Crippen molar-refractivity contribution in [1.29, 1.82) is 0 Å². The van der Waals surface area contributed by atoms with Crippen LogP contribution in [0.25, 0.3) is 5.57 Å². The minimum atomic E-state index is -0.162. The van der Waals surface area contributed by atoms with Crippen LogP contribution in [0, 0.1) is 29.1 Å². The van der Waals surface area contributed by atoms with Crippen molar-refractivity contribution in [3.63, 3.8) is 0 Å². The predicted octanol–water partition coefficient (Wildman–Crippen LogP) is 11.1. The van der Waals surface area contributed by atoms with E-state index in [1.165, 1.54) is 67.7 Å². The summed E-state index contributed by atoms with van der Waals surface area (Å²) >= 11 is 0. The molecule has 0 saturated heterocycles. The van der Waals surface area contributed by atoms with Crippen LogP contribution in [-0.4, -0.2) is 0 Å². The molecule has 0 N–H and O–H groups in total. The molecule has 0 bridgehead atoms. The molecule has 3 aliphatic rings. The van der Waals surface area contributed by atoms with E-state index in [4.69, 9.17) is 13.2 Å². The summed E-state index contributed by atoms with van der Waals surface area (Å²) in [5.41, 5.74) is 16.2. The topological polar surface area (TPSA) is 0 Å². The molecule has 0 unspecified atom stereocenters. The van der Waals surface area contributed by atoms with Crippen LogP contribution in [0.3, 0.4) is 0 Å². The molecule has 0 aromatic heterocycles. The van der Waals surface area contributed by atoms with Gasteiger partial charge in [0.05, 0.1) is 0 Å². The summed E-state index contributed by atoms with van der Waals surface area (Å²) in [6.07, 6.45) is 4.43. The van der Waals surface area contributed by atoms with Crippen molar-refractivity contribution in [3.05, 3.63) is 123 Å². The molecule has 0 nitrogen and oxygen atoms in total. The first-order valence-electron chi connectivity index (χ1n) is 15.4. The van der Waals surface area contributed by atoms with Gasteiger partial charge in [0, 0.05) is 10.8 Å². The standard InChI is InChI=1S/C40H50/c1-13-15-31-18-20-32(21-19-31)22-34-33-17-14-16-25(4)36(33)27(6)37-29(8)40(12)28(7)35(24(2)3)26(5)23-38(40,10)30(9)39(34,37)11/h14,16-21,30,34H,2,6-7,13,15,22-23H2,1,3-5,8-12H3/t30-,34+,38-,39-,40+/m0/s1. The highest BCUT2D eigenvalue weighted by molar-refractivity contribution is 5.87. The van der Waals surface area contributed by atoms with Crippen LogP contribution in [0.4, 0.5) is 0 Å². The molecule has 0 fully saturated rings. The van der Waals surface area contributed by atoms with E-state index < -0.39 is 0 Å². The molecular weight excluding hydrogens is 480 g/mol. The lowest BCUT2D eigenvalue weighted by Crippen LogP contribution is -2.59. The van der Waals surface area contributed by atoms with Crippen molar-refractivity contribution in [2.75, 3.05) is 0 Å². The second-order valence-electron chi connectivity index (χ2n) is 14.0. The Kier molecular flexibility index (Phi) is 6.89. The highest BCUT2D eigenvalue weighted by Gasteiger charge is 2.65. The Hall–Kier alpha value is -2.86. The van der Waals surface area contributed by atoms with E-state index in [9.17, 15) is 0 Å². The molecule has 0 aliphatic heterocycles. The van der Waals surface area contributed by atoms with Gasteiger partial charge in [-0.3, -0.25) is 0 Å². The van der Waals surface area contributed by atoms with Crippen molar-refractivity contribution in [3.8, 4) is 0 Å². The largest absolute Gasteiger partial charge is 0.0955 e. The average molecular weight is 531 g/mol. The Morgan fingerprint density at radius 3 is 2.17 bits per heavy atom. The quantitative estimate of drug-likeness (QED) is 0.360. The maximum atomic E-state index is 4.87. The van der Waals surface area contributed by atoms with Gasteiger partial charge in [-0.2, -0.15) is 0 Å². The van der Waals surface area contributed by atoms with Crippen molar-refractivity contribution in [2.45, 2.75) is 93.9 Å². The fourth-order valence-corrected chi connectivity index (χ4v) is 9.62. The number of rotatable bonds is 5. The summed E-state index contributed by atoms with van der Waals surface area (Å²) in [5, 5.41) is 0.